The van der Waals surface area contributed by atoms with Crippen molar-refractivity contribution >= 4 is 50.8 Å². The van der Waals surface area contributed by atoms with Gasteiger partial charge in [-0.1, -0.05) is 0 Å². The maximum Gasteiger partial charge on any atom is 0.253 e. The second kappa shape index (κ2) is 8.12. The topological polar surface area (TPSA) is 58.6 Å². The largest absolute Gasteiger partial charge is 0.495 e. The number of halogens is 1. The summed E-state index contributed by atoms with van der Waals surface area (Å²) in [6.07, 6.45) is 3.17. The summed E-state index contributed by atoms with van der Waals surface area (Å²) in [5.41, 5.74) is 0.925. The first-order valence-electron chi connectivity index (χ1n) is 7.05. The second-order valence-electron chi connectivity index (χ2n) is 5.08. The van der Waals surface area contributed by atoms with Crippen LogP contribution in [0.15, 0.2) is 40.2 Å². The number of rotatable bonds is 5. The number of carbonyl (C=O) groups is 2. The average Bonchev–Trinajstić information content (AvgIpc) is 2.97. The molecule has 0 aliphatic carbocycles. The van der Waals surface area contributed by atoms with Crippen LogP contribution in [0.25, 0.3) is 6.08 Å². The van der Waals surface area contributed by atoms with E-state index in [-0.39, 0.29) is 11.8 Å². The molecule has 1 N–H and O–H groups in total. The van der Waals surface area contributed by atoms with Crippen molar-refractivity contribution in [3.05, 3.63) is 50.6 Å². The first kappa shape index (κ1) is 18.2. The summed E-state index contributed by atoms with van der Waals surface area (Å²) in [7, 11) is 4.86. The van der Waals surface area contributed by atoms with Gasteiger partial charge >= 0.3 is 0 Å². The Labute approximate surface area is 153 Å². The molecule has 2 amide bonds. The summed E-state index contributed by atoms with van der Waals surface area (Å²) in [5.74, 6) is 0.0466. The minimum Gasteiger partial charge on any atom is -0.495 e. The number of ether oxygens (including phenoxy) is 1. The van der Waals surface area contributed by atoms with E-state index >= 15 is 0 Å². The highest BCUT2D eigenvalue weighted by atomic mass is 79.9. The molecule has 126 valence electrons. The first-order chi connectivity index (χ1) is 11.4. The Bertz CT molecular complexity index is 784. The SMILES string of the molecule is COc1ccc(C(=O)N(C)C)cc1NC(=O)/C=C/c1ccc(Br)s1. The molecule has 24 heavy (non-hydrogen) atoms. The summed E-state index contributed by atoms with van der Waals surface area (Å²) < 4.78 is 6.24. The van der Waals surface area contributed by atoms with Gasteiger partial charge < -0.3 is 15.0 Å². The van der Waals surface area contributed by atoms with Crippen LogP contribution in [-0.2, 0) is 4.79 Å². The van der Waals surface area contributed by atoms with Crippen LogP contribution in [0.4, 0.5) is 5.69 Å². The molecular formula is C17H17BrN2O3S. The highest BCUT2D eigenvalue weighted by Crippen LogP contribution is 2.26. The van der Waals surface area contributed by atoms with E-state index in [0.717, 1.165) is 8.66 Å². The Balaban J connectivity index is 2.17. The van der Waals surface area contributed by atoms with Crippen molar-refractivity contribution in [2.45, 2.75) is 0 Å². The number of hydrogen-bond acceptors (Lipinski definition) is 4. The van der Waals surface area contributed by atoms with Crippen LogP contribution in [0.1, 0.15) is 15.2 Å². The smallest absolute Gasteiger partial charge is 0.253 e. The van der Waals surface area contributed by atoms with Gasteiger partial charge in [0.15, 0.2) is 0 Å². The Kier molecular flexibility index (Phi) is 6.16. The summed E-state index contributed by atoms with van der Waals surface area (Å²) in [6, 6.07) is 8.76. The van der Waals surface area contributed by atoms with Crippen LogP contribution in [-0.4, -0.2) is 37.9 Å². The normalized spacial score (nSPS) is 10.7. The molecule has 2 aromatic rings. The molecule has 0 saturated carbocycles. The lowest BCUT2D eigenvalue weighted by atomic mass is 10.1. The number of methoxy groups -OCH3 is 1. The number of amides is 2. The number of benzene rings is 1. The van der Waals surface area contributed by atoms with Gasteiger partial charge in [-0.05, 0) is 52.3 Å². The molecule has 0 aliphatic rings. The van der Waals surface area contributed by atoms with Gasteiger partial charge in [0, 0.05) is 30.6 Å². The summed E-state index contributed by atoms with van der Waals surface area (Å²) in [4.78, 5) is 26.6. The lowest BCUT2D eigenvalue weighted by Gasteiger charge is -2.13. The van der Waals surface area contributed by atoms with Gasteiger partial charge in [0.2, 0.25) is 5.91 Å². The number of hydrogen-bond donors (Lipinski definition) is 1. The Morgan fingerprint density at radius 1 is 1.25 bits per heavy atom. The Morgan fingerprint density at radius 2 is 2.00 bits per heavy atom. The van der Waals surface area contributed by atoms with E-state index in [4.69, 9.17) is 4.74 Å². The van der Waals surface area contributed by atoms with E-state index in [2.05, 4.69) is 21.2 Å². The van der Waals surface area contributed by atoms with E-state index in [0.29, 0.717) is 17.0 Å². The van der Waals surface area contributed by atoms with Crippen LogP contribution in [0.3, 0.4) is 0 Å². The van der Waals surface area contributed by atoms with Crippen LogP contribution in [0.2, 0.25) is 0 Å². The van der Waals surface area contributed by atoms with Crippen LogP contribution in [0, 0.1) is 0 Å². The number of carbonyl (C=O) groups excluding carboxylic acids is 2. The minimum absolute atomic E-state index is 0.146. The fourth-order valence-corrected chi connectivity index (χ4v) is 3.27. The number of thiophene rings is 1. The van der Waals surface area contributed by atoms with E-state index < -0.39 is 0 Å². The zero-order chi connectivity index (χ0) is 17.7. The molecule has 0 saturated heterocycles. The van der Waals surface area contributed by atoms with Gasteiger partial charge in [0.25, 0.3) is 5.91 Å². The zero-order valence-corrected chi connectivity index (χ0v) is 15.9. The highest BCUT2D eigenvalue weighted by Gasteiger charge is 2.13. The molecule has 0 aliphatic heterocycles. The zero-order valence-electron chi connectivity index (χ0n) is 13.5. The predicted octanol–water partition coefficient (Wildman–Crippen LogP) is 3.87. The fraction of sp³-hybridized carbons (Fsp3) is 0.176. The molecule has 0 unspecified atom stereocenters. The van der Waals surface area contributed by atoms with Gasteiger partial charge in [-0.3, -0.25) is 9.59 Å². The molecule has 7 heteroatoms. The highest BCUT2D eigenvalue weighted by molar-refractivity contribution is 9.11. The maximum absolute atomic E-state index is 12.1. The summed E-state index contributed by atoms with van der Waals surface area (Å²) >= 11 is 4.90. The van der Waals surface area contributed by atoms with Crippen molar-refractivity contribution < 1.29 is 14.3 Å². The molecule has 2 rings (SSSR count). The summed E-state index contributed by atoms with van der Waals surface area (Å²) in [6.45, 7) is 0. The van der Waals surface area contributed by atoms with E-state index in [9.17, 15) is 9.59 Å². The number of nitrogens with zero attached hydrogens (tertiary/aromatic N) is 1. The third kappa shape index (κ3) is 4.69. The van der Waals surface area contributed by atoms with Crippen molar-refractivity contribution in [1.29, 1.82) is 0 Å². The molecular weight excluding hydrogens is 392 g/mol. The van der Waals surface area contributed by atoms with Gasteiger partial charge in [-0.2, -0.15) is 0 Å². The average molecular weight is 409 g/mol. The Morgan fingerprint density at radius 3 is 2.58 bits per heavy atom. The minimum atomic E-state index is -0.299. The quantitative estimate of drug-likeness (QED) is 0.763. The van der Waals surface area contributed by atoms with Crippen LogP contribution in [0.5, 0.6) is 5.75 Å². The van der Waals surface area contributed by atoms with Crippen LogP contribution < -0.4 is 10.1 Å². The standard InChI is InChI=1S/C17H17BrN2O3S/c1-20(2)17(22)11-4-7-14(23-3)13(10-11)19-16(21)9-6-12-5-8-15(18)24-12/h4-10H,1-3H3,(H,19,21)/b9-6+. The molecule has 1 aromatic carbocycles. The predicted molar refractivity (Wildman–Crippen MR) is 101 cm³/mol. The molecule has 0 atom stereocenters. The lowest BCUT2D eigenvalue weighted by molar-refractivity contribution is -0.111. The van der Waals surface area contributed by atoms with Crippen molar-refractivity contribution in [3.63, 3.8) is 0 Å². The van der Waals surface area contributed by atoms with E-state index in [1.165, 1.54) is 29.4 Å². The third-order valence-electron chi connectivity index (χ3n) is 3.10. The van der Waals surface area contributed by atoms with Crippen LogP contribution >= 0.6 is 27.3 Å². The molecule has 0 fully saturated rings. The van der Waals surface area contributed by atoms with Gasteiger partial charge in [-0.15, -0.1) is 11.3 Å². The molecule has 0 spiro atoms. The third-order valence-corrected chi connectivity index (χ3v) is 4.69. The van der Waals surface area contributed by atoms with Crippen molar-refractivity contribution in [2.75, 3.05) is 26.5 Å². The van der Waals surface area contributed by atoms with E-state index in [1.807, 2.05) is 12.1 Å². The number of anilines is 1. The lowest BCUT2D eigenvalue weighted by Crippen LogP contribution is -2.22. The monoisotopic (exact) mass is 408 g/mol. The van der Waals surface area contributed by atoms with Gasteiger partial charge in [0.1, 0.15) is 5.75 Å². The molecule has 1 aromatic heterocycles. The van der Waals surface area contributed by atoms with Gasteiger partial charge in [-0.25, -0.2) is 0 Å². The molecule has 0 bridgehead atoms. The Hall–Kier alpha value is -2.12. The first-order valence-corrected chi connectivity index (χ1v) is 8.65. The fourth-order valence-electron chi connectivity index (χ4n) is 1.95. The molecule has 1 heterocycles. The van der Waals surface area contributed by atoms with Gasteiger partial charge in [0.05, 0.1) is 16.6 Å². The van der Waals surface area contributed by atoms with E-state index in [1.54, 1.807) is 38.4 Å². The molecule has 5 nitrogen and oxygen atoms in total. The second-order valence-corrected chi connectivity index (χ2v) is 7.57. The summed E-state index contributed by atoms with van der Waals surface area (Å²) in [5, 5.41) is 2.74. The van der Waals surface area contributed by atoms with Crippen molar-refractivity contribution in [3.8, 4) is 5.75 Å². The maximum atomic E-state index is 12.1. The molecule has 0 radical (unpaired) electrons. The van der Waals surface area contributed by atoms with Crippen molar-refractivity contribution in [2.24, 2.45) is 0 Å². The van der Waals surface area contributed by atoms with Crippen molar-refractivity contribution in [1.82, 2.24) is 4.90 Å². The number of nitrogens with one attached hydrogen (secondary N) is 1.